The summed E-state index contributed by atoms with van der Waals surface area (Å²) in [6.07, 6.45) is 0. The molecule has 2 heteroatoms. The van der Waals surface area contributed by atoms with Gasteiger partial charge in [0, 0.05) is 14.8 Å². The number of hydrogen-bond donors (Lipinski definition) is 0. The van der Waals surface area contributed by atoms with Gasteiger partial charge in [-0.1, -0.05) is 108 Å². The van der Waals surface area contributed by atoms with Crippen molar-refractivity contribution in [1.82, 2.24) is 0 Å². The van der Waals surface area contributed by atoms with Gasteiger partial charge in [0.05, 0.1) is 5.41 Å². The van der Waals surface area contributed by atoms with E-state index in [2.05, 4.69) is 97.1 Å². The molecule has 0 amide bonds. The summed E-state index contributed by atoms with van der Waals surface area (Å²) in [7, 11) is 0. The Morgan fingerprint density at radius 2 is 1.09 bits per heavy atom. The monoisotopic (exact) mass is 458 g/mol. The van der Waals surface area contributed by atoms with Crippen LogP contribution in [0.1, 0.15) is 22.3 Å². The van der Waals surface area contributed by atoms with E-state index in [1.807, 2.05) is 30.0 Å². The van der Waals surface area contributed by atoms with E-state index in [0.717, 1.165) is 10.6 Å². The molecule has 0 saturated heterocycles. The molecule has 0 bridgehead atoms. The predicted molar refractivity (Wildman–Crippen MR) is 138 cm³/mol. The second-order valence-corrected chi connectivity index (χ2v) is 10.2. The highest BCUT2D eigenvalue weighted by molar-refractivity contribution is 7.99. The third-order valence-corrected chi connectivity index (χ3v) is 8.39. The normalized spacial score (nSPS) is 14.3. The molecule has 7 rings (SSSR count). The van der Waals surface area contributed by atoms with Crippen LogP contribution in [0.4, 0.5) is 0 Å². The number of hydrogen-bond acceptors (Lipinski definition) is 1. The van der Waals surface area contributed by atoms with Gasteiger partial charge in [-0.15, -0.1) is 0 Å². The van der Waals surface area contributed by atoms with Gasteiger partial charge in [-0.05, 0) is 74.8 Å². The second-order valence-electron chi connectivity index (χ2n) is 8.66. The smallest absolute Gasteiger partial charge is 0.0735 e. The zero-order chi connectivity index (χ0) is 22.0. The largest absolute Gasteiger partial charge is 0.0894 e. The van der Waals surface area contributed by atoms with E-state index in [0.29, 0.717) is 0 Å². The fraction of sp³-hybridized carbons (Fsp3) is 0.0323. The van der Waals surface area contributed by atoms with Crippen LogP contribution >= 0.6 is 23.4 Å². The topological polar surface area (TPSA) is 0 Å². The molecule has 2 aliphatic rings. The maximum atomic E-state index is 6.32. The van der Waals surface area contributed by atoms with E-state index in [-0.39, 0.29) is 5.41 Å². The van der Waals surface area contributed by atoms with Gasteiger partial charge in [0.15, 0.2) is 0 Å². The van der Waals surface area contributed by atoms with E-state index < -0.39 is 0 Å². The van der Waals surface area contributed by atoms with Crippen LogP contribution in [0, 0.1) is 0 Å². The molecule has 1 spiro atoms. The first-order chi connectivity index (χ1) is 16.3. The molecule has 0 N–H and O–H groups in total. The van der Waals surface area contributed by atoms with Crippen LogP contribution in [0.25, 0.3) is 22.3 Å². The van der Waals surface area contributed by atoms with Crippen molar-refractivity contribution in [2.24, 2.45) is 0 Å². The molecular weight excluding hydrogens is 440 g/mol. The van der Waals surface area contributed by atoms with Crippen LogP contribution < -0.4 is 0 Å². The van der Waals surface area contributed by atoms with Crippen LogP contribution in [-0.4, -0.2) is 0 Å². The summed E-state index contributed by atoms with van der Waals surface area (Å²) in [4.78, 5) is 2.66. The van der Waals surface area contributed by atoms with Gasteiger partial charge in [0.25, 0.3) is 0 Å². The molecule has 5 aromatic carbocycles. The summed E-state index contributed by atoms with van der Waals surface area (Å²) in [6, 6.07) is 41.8. The zero-order valence-corrected chi connectivity index (χ0v) is 19.3. The molecule has 0 aromatic heterocycles. The molecular formula is C31H19ClS. The van der Waals surface area contributed by atoms with Gasteiger partial charge >= 0.3 is 0 Å². The Bertz CT molecular complexity index is 1520. The maximum absolute atomic E-state index is 6.32. The first kappa shape index (κ1) is 19.2. The number of rotatable bonds is 1. The predicted octanol–water partition coefficient (Wildman–Crippen LogP) is 8.83. The highest BCUT2D eigenvalue weighted by Crippen LogP contribution is 2.62. The van der Waals surface area contributed by atoms with E-state index >= 15 is 0 Å². The summed E-state index contributed by atoms with van der Waals surface area (Å²) in [5.41, 5.74) is 10.1. The Kier molecular flexibility index (Phi) is 4.15. The lowest BCUT2D eigenvalue weighted by Crippen LogP contribution is -2.31. The van der Waals surface area contributed by atoms with Crippen LogP contribution in [0.15, 0.2) is 125 Å². The quantitative estimate of drug-likeness (QED) is 0.237. The van der Waals surface area contributed by atoms with Gasteiger partial charge in [-0.3, -0.25) is 0 Å². The summed E-state index contributed by atoms with van der Waals surface area (Å²) in [5.74, 6) is 0. The van der Waals surface area contributed by atoms with Crippen molar-refractivity contribution in [3.05, 3.63) is 143 Å². The number of fused-ring (bicyclic) bond motifs is 9. The van der Waals surface area contributed by atoms with Crippen LogP contribution in [-0.2, 0) is 5.41 Å². The summed E-state index contributed by atoms with van der Waals surface area (Å²) in [6.45, 7) is 0. The molecule has 1 aliphatic carbocycles. The Hall–Kier alpha value is -3.26. The highest BCUT2D eigenvalue weighted by Gasteiger charge is 2.49. The average Bonchev–Trinajstić information content (AvgIpc) is 3.15. The molecule has 0 nitrogen and oxygen atoms in total. The van der Waals surface area contributed by atoms with Gasteiger partial charge in [-0.25, -0.2) is 0 Å². The minimum Gasteiger partial charge on any atom is -0.0894 e. The fourth-order valence-electron chi connectivity index (χ4n) is 5.71. The van der Waals surface area contributed by atoms with E-state index in [9.17, 15) is 0 Å². The Balaban J connectivity index is 1.60. The molecule has 0 unspecified atom stereocenters. The van der Waals surface area contributed by atoms with Crippen molar-refractivity contribution in [2.75, 3.05) is 0 Å². The molecule has 0 saturated carbocycles. The van der Waals surface area contributed by atoms with Crippen molar-refractivity contribution in [3.63, 3.8) is 0 Å². The molecule has 33 heavy (non-hydrogen) atoms. The van der Waals surface area contributed by atoms with Gasteiger partial charge in [-0.2, -0.15) is 0 Å². The molecule has 0 atom stereocenters. The van der Waals surface area contributed by atoms with Crippen molar-refractivity contribution in [1.29, 1.82) is 0 Å². The SMILES string of the molecule is Clc1cccc(-c2ccc3c(c2)-c2ccccc2C32c3ccccc3Sc3ccccc32)c1. The molecule has 156 valence electrons. The lowest BCUT2D eigenvalue weighted by molar-refractivity contribution is 0.722. The minimum absolute atomic E-state index is 0.308. The first-order valence-corrected chi connectivity index (χ1v) is 12.3. The lowest BCUT2D eigenvalue weighted by atomic mass is 9.67. The first-order valence-electron chi connectivity index (χ1n) is 11.1. The Labute approximate surface area is 202 Å². The van der Waals surface area contributed by atoms with Crippen LogP contribution in [0.2, 0.25) is 5.02 Å². The third kappa shape index (κ3) is 2.61. The minimum atomic E-state index is -0.308. The van der Waals surface area contributed by atoms with Crippen LogP contribution in [0.5, 0.6) is 0 Å². The highest BCUT2D eigenvalue weighted by atomic mass is 35.5. The standard InChI is InChI=1S/C31H19ClS/c32-22-9-7-8-20(18-22)21-16-17-26-24(19-21)23-10-1-2-11-25(23)31(26)27-12-3-5-14-29(27)33-30-15-6-4-13-28(30)31/h1-19H. The maximum Gasteiger partial charge on any atom is 0.0735 e. The van der Waals surface area contributed by atoms with E-state index in [1.54, 1.807) is 0 Å². The van der Waals surface area contributed by atoms with Crippen LogP contribution in [0.3, 0.4) is 0 Å². The van der Waals surface area contributed by atoms with Crippen molar-refractivity contribution in [3.8, 4) is 22.3 Å². The summed E-state index contributed by atoms with van der Waals surface area (Å²) in [5, 5.41) is 0.761. The zero-order valence-electron chi connectivity index (χ0n) is 17.8. The summed E-state index contributed by atoms with van der Waals surface area (Å²) >= 11 is 8.20. The molecule has 1 aliphatic heterocycles. The molecule has 0 radical (unpaired) electrons. The molecule has 5 aromatic rings. The molecule has 1 heterocycles. The Morgan fingerprint density at radius 1 is 0.485 bits per heavy atom. The van der Waals surface area contributed by atoms with Crippen molar-refractivity contribution >= 4 is 23.4 Å². The van der Waals surface area contributed by atoms with Gasteiger partial charge in [0.1, 0.15) is 0 Å². The van der Waals surface area contributed by atoms with Crippen molar-refractivity contribution < 1.29 is 0 Å². The molecule has 0 fully saturated rings. The van der Waals surface area contributed by atoms with Gasteiger partial charge in [0.2, 0.25) is 0 Å². The Morgan fingerprint density at radius 3 is 1.82 bits per heavy atom. The number of benzene rings is 5. The fourth-order valence-corrected chi connectivity index (χ4v) is 7.09. The van der Waals surface area contributed by atoms with Gasteiger partial charge < -0.3 is 0 Å². The summed E-state index contributed by atoms with van der Waals surface area (Å²) < 4.78 is 0. The lowest BCUT2D eigenvalue weighted by Gasteiger charge is -2.39. The van der Waals surface area contributed by atoms with E-state index in [4.69, 9.17) is 11.6 Å². The third-order valence-electron chi connectivity index (χ3n) is 7.00. The average molecular weight is 459 g/mol. The second kappa shape index (κ2) is 7.12. The number of halogens is 1. The van der Waals surface area contributed by atoms with E-state index in [1.165, 1.54) is 48.7 Å². The van der Waals surface area contributed by atoms with Crippen molar-refractivity contribution in [2.45, 2.75) is 15.2 Å².